The number of non-ortho nitro benzene ring substituents is 1. The first-order chi connectivity index (χ1) is 7.54. The van der Waals surface area contributed by atoms with Gasteiger partial charge >= 0.3 is 0 Å². The number of rotatable bonds is 5. The number of nitro groups is 1. The molecule has 0 saturated heterocycles. The summed E-state index contributed by atoms with van der Waals surface area (Å²) in [7, 11) is 0. The first kappa shape index (κ1) is 13.0. The summed E-state index contributed by atoms with van der Waals surface area (Å²) in [4.78, 5) is 10.2. The average molecular weight is 239 g/mol. The van der Waals surface area contributed by atoms with Gasteiger partial charge in [-0.2, -0.15) is 11.8 Å². The van der Waals surface area contributed by atoms with E-state index < -0.39 is 0 Å². The molecule has 0 radical (unpaired) electrons. The van der Waals surface area contributed by atoms with Crippen molar-refractivity contribution >= 4 is 17.4 Å². The molecule has 4 heteroatoms. The van der Waals surface area contributed by atoms with Crippen LogP contribution in [-0.4, -0.2) is 10.2 Å². The van der Waals surface area contributed by atoms with E-state index in [2.05, 4.69) is 20.8 Å². The summed E-state index contributed by atoms with van der Waals surface area (Å²) in [6, 6.07) is 6.89. The van der Waals surface area contributed by atoms with Crippen LogP contribution in [0.1, 0.15) is 38.0 Å². The van der Waals surface area contributed by atoms with Crippen molar-refractivity contribution in [2.24, 2.45) is 0 Å². The van der Waals surface area contributed by atoms with Crippen LogP contribution in [0.3, 0.4) is 0 Å². The molecule has 3 nitrogen and oxygen atoms in total. The van der Waals surface area contributed by atoms with E-state index in [9.17, 15) is 10.1 Å². The van der Waals surface area contributed by atoms with Crippen molar-refractivity contribution in [2.75, 3.05) is 0 Å². The monoisotopic (exact) mass is 239 g/mol. The van der Waals surface area contributed by atoms with Gasteiger partial charge in [0, 0.05) is 17.4 Å². The van der Waals surface area contributed by atoms with Crippen molar-refractivity contribution in [1.29, 1.82) is 0 Å². The van der Waals surface area contributed by atoms with Crippen LogP contribution in [0.25, 0.3) is 0 Å². The van der Waals surface area contributed by atoms with E-state index in [4.69, 9.17) is 0 Å². The Balaban J connectivity index is 2.82. The molecule has 1 aromatic rings. The predicted octanol–water partition coefficient (Wildman–Crippen LogP) is 4.19. The maximum Gasteiger partial charge on any atom is 0.269 e. The topological polar surface area (TPSA) is 43.1 Å². The molecule has 0 spiro atoms. The van der Waals surface area contributed by atoms with Gasteiger partial charge in [0.15, 0.2) is 0 Å². The second-order valence-electron chi connectivity index (χ2n) is 3.93. The molecule has 0 aliphatic rings. The molecule has 0 heterocycles. The fourth-order valence-corrected chi connectivity index (χ4v) is 2.71. The molecule has 1 unspecified atom stereocenters. The van der Waals surface area contributed by atoms with Gasteiger partial charge in [0.1, 0.15) is 0 Å². The summed E-state index contributed by atoms with van der Waals surface area (Å²) in [5, 5.41) is 11.5. The van der Waals surface area contributed by atoms with Crippen LogP contribution in [0.5, 0.6) is 0 Å². The molecule has 1 rings (SSSR count). The highest BCUT2D eigenvalue weighted by Crippen LogP contribution is 2.35. The number of nitro benzene ring substituents is 1. The van der Waals surface area contributed by atoms with Gasteiger partial charge in [-0.1, -0.05) is 32.9 Å². The molecule has 88 valence electrons. The highest BCUT2D eigenvalue weighted by molar-refractivity contribution is 8.00. The minimum Gasteiger partial charge on any atom is -0.258 e. The molecule has 16 heavy (non-hydrogen) atoms. The highest BCUT2D eigenvalue weighted by Gasteiger charge is 2.13. The summed E-state index contributed by atoms with van der Waals surface area (Å²) in [6.07, 6.45) is 1.04. The zero-order chi connectivity index (χ0) is 12.1. The Morgan fingerprint density at radius 1 is 1.31 bits per heavy atom. The molecule has 1 aromatic carbocycles. The number of thioether (sulfide) groups is 1. The Kier molecular flexibility index (Phi) is 4.80. The van der Waals surface area contributed by atoms with E-state index in [1.807, 2.05) is 23.9 Å². The van der Waals surface area contributed by atoms with Crippen molar-refractivity contribution < 1.29 is 4.92 Å². The molecule has 0 aliphatic carbocycles. The van der Waals surface area contributed by atoms with Gasteiger partial charge in [-0.05, 0) is 17.2 Å². The zero-order valence-electron chi connectivity index (χ0n) is 9.84. The smallest absolute Gasteiger partial charge is 0.258 e. The third-order valence-electron chi connectivity index (χ3n) is 2.28. The second kappa shape index (κ2) is 5.89. The van der Waals surface area contributed by atoms with Gasteiger partial charge in [-0.3, -0.25) is 10.1 Å². The second-order valence-corrected chi connectivity index (χ2v) is 5.71. The largest absolute Gasteiger partial charge is 0.269 e. The zero-order valence-corrected chi connectivity index (χ0v) is 10.7. The van der Waals surface area contributed by atoms with Gasteiger partial charge in [0.25, 0.3) is 5.69 Å². The van der Waals surface area contributed by atoms with E-state index in [-0.39, 0.29) is 10.6 Å². The third kappa shape index (κ3) is 3.52. The van der Waals surface area contributed by atoms with Crippen LogP contribution in [-0.2, 0) is 0 Å². The van der Waals surface area contributed by atoms with Gasteiger partial charge in [0.05, 0.1) is 4.92 Å². The van der Waals surface area contributed by atoms with Crippen molar-refractivity contribution in [1.82, 2.24) is 0 Å². The van der Waals surface area contributed by atoms with Crippen LogP contribution in [0, 0.1) is 10.1 Å². The summed E-state index contributed by atoms with van der Waals surface area (Å²) in [6.45, 7) is 6.47. The standard InChI is InChI=1S/C12H17NO2S/c1-4-12(16-9(2)3)10-5-7-11(8-6-10)13(14)15/h5-9,12H,4H2,1-3H3. The molecule has 0 fully saturated rings. The van der Waals surface area contributed by atoms with Crippen molar-refractivity contribution in [3.05, 3.63) is 39.9 Å². The van der Waals surface area contributed by atoms with Crippen LogP contribution in [0.2, 0.25) is 0 Å². The molecular weight excluding hydrogens is 222 g/mol. The van der Waals surface area contributed by atoms with Crippen molar-refractivity contribution in [2.45, 2.75) is 37.7 Å². The fourth-order valence-electron chi connectivity index (χ4n) is 1.55. The quantitative estimate of drug-likeness (QED) is 0.571. The van der Waals surface area contributed by atoms with E-state index in [0.29, 0.717) is 10.5 Å². The van der Waals surface area contributed by atoms with E-state index in [0.717, 1.165) is 6.42 Å². The molecule has 0 bridgehead atoms. The van der Waals surface area contributed by atoms with Gasteiger partial charge in [0.2, 0.25) is 0 Å². The van der Waals surface area contributed by atoms with Crippen LogP contribution in [0.15, 0.2) is 24.3 Å². The Labute approximate surface area is 100 Å². The van der Waals surface area contributed by atoms with Crippen LogP contribution >= 0.6 is 11.8 Å². The lowest BCUT2D eigenvalue weighted by Gasteiger charge is -2.17. The maximum absolute atomic E-state index is 10.5. The van der Waals surface area contributed by atoms with Gasteiger partial charge < -0.3 is 0 Å². The minimum atomic E-state index is -0.361. The number of benzene rings is 1. The van der Waals surface area contributed by atoms with Gasteiger partial charge in [-0.25, -0.2) is 0 Å². The molecule has 0 amide bonds. The van der Waals surface area contributed by atoms with E-state index >= 15 is 0 Å². The van der Waals surface area contributed by atoms with E-state index in [1.54, 1.807) is 12.1 Å². The normalized spacial score (nSPS) is 12.8. The summed E-state index contributed by atoms with van der Waals surface area (Å²) in [5.41, 5.74) is 1.33. The first-order valence-corrected chi connectivity index (χ1v) is 6.38. The molecule has 0 saturated carbocycles. The summed E-state index contributed by atoms with van der Waals surface area (Å²) in [5.74, 6) is 0. The lowest BCUT2D eigenvalue weighted by atomic mass is 10.1. The molecule has 0 aliphatic heterocycles. The van der Waals surface area contributed by atoms with Crippen LogP contribution in [0.4, 0.5) is 5.69 Å². The maximum atomic E-state index is 10.5. The van der Waals surface area contributed by atoms with E-state index in [1.165, 1.54) is 5.56 Å². The summed E-state index contributed by atoms with van der Waals surface area (Å²) >= 11 is 1.90. The highest BCUT2D eigenvalue weighted by atomic mass is 32.2. The lowest BCUT2D eigenvalue weighted by molar-refractivity contribution is -0.384. The van der Waals surface area contributed by atoms with Crippen molar-refractivity contribution in [3.8, 4) is 0 Å². The molecule has 1 atom stereocenters. The Bertz CT molecular complexity index is 349. The number of nitrogens with zero attached hydrogens (tertiary/aromatic N) is 1. The predicted molar refractivity (Wildman–Crippen MR) is 68.9 cm³/mol. The molecular formula is C12H17NO2S. The van der Waals surface area contributed by atoms with Gasteiger partial charge in [-0.15, -0.1) is 0 Å². The number of hydrogen-bond acceptors (Lipinski definition) is 3. The third-order valence-corrected chi connectivity index (χ3v) is 3.76. The molecule has 0 N–H and O–H groups in total. The lowest BCUT2D eigenvalue weighted by Crippen LogP contribution is -1.98. The first-order valence-electron chi connectivity index (χ1n) is 5.44. The van der Waals surface area contributed by atoms with Crippen molar-refractivity contribution in [3.63, 3.8) is 0 Å². The SMILES string of the molecule is CCC(SC(C)C)c1ccc([N+](=O)[O-])cc1. The Morgan fingerprint density at radius 3 is 2.25 bits per heavy atom. The minimum absolute atomic E-state index is 0.160. The Morgan fingerprint density at radius 2 is 1.88 bits per heavy atom. The average Bonchev–Trinajstić information content (AvgIpc) is 2.25. The molecule has 0 aromatic heterocycles. The fraction of sp³-hybridized carbons (Fsp3) is 0.500. The Hall–Kier alpha value is -1.03. The number of hydrogen-bond donors (Lipinski definition) is 0. The summed E-state index contributed by atoms with van der Waals surface area (Å²) < 4.78 is 0. The van der Waals surface area contributed by atoms with Crippen LogP contribution < -0.4 is 0 Å².